The third kappa shape index (κ3) is 6.10. The van der Waals surface area contributed by atoms with Crippen molar-refractivity contribution in [3.05, 3.63) is 253 Å². The number of nitrogens with two attached hydrogens (primary N) is 1. The van der Waals surface area contributed by atoms with E-state index in [1.165, 1.54) is 88.3 Å². The first kappa shape index (κ1) is 37.3. The van der Waals surface area contributed by atoms with Gasteiger partial charge in [-0.15, -0.1) is 0 Å². The van der Waals surface area contributed by atoms with E-state index in [1.54, 1.807) is 0 Å². The van der Waals surface area contributed by atoms with Crippen molar-refractivity contribution in [3.8, 4) is 22.3 Å². The lowest BCUT2D eigenvalue weighted by Gasteiger charge is -2.34. The molecule has 1 aliphatic carbocycles. The molecule has 0 saturated heterocycles. The number of para-hydroxylation sites is 3. The van der Waals surface area contributed by atoms with Crippen molar-refractivity contribution in [3.63, 3.8) is 0 Å². The van der Waals surface area contributed by atoms with Crippen molar-refractivity contribution in [1.82, 2.24) is 0 Å². The Kier molecular flexibility index (Phi) is 9.09. The molecule has 0 fully saturated rings. The summed E-state index contributed by atoms with van der Waals surface area (Å²) < 4.78 is 0. The van der Waals surface area contributed by atoms with Gasteiger partial charge < -0.3 is 10.6 Å². The van der Waals surface area contributed by atoms with Crippen LogP contribution in [0.25, 0.3) is 60.1 Å². The zero-order chi connectivity index (χ0) is 41.8. The summed E-state index contributed by atoms with van der Waals surface area (Å²) in [6.45, 7) is 6.49. The van der Waals surface area contributed by atoms with Crippen molar-refractivity contribution in [2.75, 3.05) is 10.6 Å². The van der Waals surface area contributed by atoms with Crippen LogP contribution < -0.4 is 10.6 Å². The zero-order valence-corrected chi connectivity index (χ0v) is 34.8. The summed E-state index contributed by atoms with van der Waals surface area (Å²) in [6, 6.07) is 68.5. The van der Waals surface area contributed by atoms with Crippen LogP contribution in [0.5, 0.6) is 0 Å². The maximum Gasteiger partial charge on any atom is 0.0500 e. The molecule has 1 heterocycles. The van der Waals surface area contributed by atoms with Crippen LogP contribution in [0.3, 0.4) is 0 Å². The molecular weight excluding hydrogens is 749 g/mol. The van der Waals surface area contributed by atoms with E-state index < -0.39 is 0 Å². The molecule has 9 aromatic carbocycles. The van der Waals surface area contributed by atoms with E-state index in [0.29, 0.717) is 0 Å². The van der Waals surface area contributed by atoms with Gasteiger partial charge in [0.2, 0.25) is 0 Å². The van der Waals surface area contributed by atoms with Crippen LogP contribution in [0.2, 0.25) is 0 Å². The Balaban J connectivity index is 1.03. The number of allylic oxidation sites excluding steroid dienone is 7. The van der Waals surface area contributed by atoms with E-state index in [4.69, 9.17) is 5.73 Å². The molecule has 0 saturated carbocycles. The Morgan fingerprint density at radius 1 is 0.565 bits per heavy atom. The standard InChI is InChI=1S/C60H46N2/c1-3-4-21-46(43-18-16-17-40(36-43)41-30-34-52-49-24-9-8-22-47(49)48-23-10-11-25-50(48)54(52)37-41)51-33-31-42(38-55(51)53-26-12-14-28-57(53)61)44-32-35-59-60(2,39-44)56-27-13-15-29-58(56)62(59)45-19-6-5-7-20-45/h3-38,46H,1,39,61H2,2H3/b21-4-. The van der Waals surface area contributed by atoms with E-state index in [2.05, 4.69) is 219 Å². The first-order valence-electron chi connectivity index (χ1n) is 21.6. The molecule has 9 aromatic rings. The summed E-state index contributed by atoms with van der Waals surface area (Å²) >= 11 is 0. The van der Waals surface area contributed by atoms with Gasteiger partial charge in [-0.05, 0) is 133 Å². The highest BCUT2D eigenvalue weighted by Crippen LogP contribution is 2.56. The summed E-state index contributed by atoms with van der Waals surface area (Å²) in [6.07, 6.45) is 11.8. The lowest BCUT2D eigenvalue weighted by Crippen LogP contribution is -2.28. The lowest BCUT2D eigenvalue weighted by molar-refractivity contribution is 0.586. The molecule has 0 radical (unpaired) electrons. The molecule has 0 aromatic heterocycles. The fourth-order valence-corrected chi connectivity index (χ4v) is 10.4. The van der Waals surface area contributed by atoms with Crippen LogP contribution in [0.15, 0.2) is 231 Å². The van der Waals surface area contributed by atoms with Gasteiger partial charge in [-0.25, -0.2) is 0 Å². The van der Waals surface area contributed by atoms with Gasteiger partial charge in [-0.3, -0.25) is 0 Å². The molecular formula is C60H46N2. The van der Waals surface area contributed by atoms with Gasteiger partial charge >= 0.3 is 0 Å². The molecule has 2 aliphatic rings. The van der Waals surface area contributed by atoms with Crippen molar-refractivity contribution < 1.29 is 0 Å². The second-order valence-electron chi connectivity index (χ2n) is 16.9. The third-order valence-corrected chi connectivity index (χ3v) is 13.3. The lowest BCUT2D eigenvalue weighted by atomic mass is 9.72. The SMILES string of the molecule is C=C/C=C\C(c1cccc(-c2ccc3c4ccccc4c4ccccc4c3c2)c1)c1ccc(C2=CC=C3N(c4ccccc4)c4ccccc4C3(C)C2)cc1-c1ccccc1N. The van der Waals surface area contributed by atoms with Gasteiger partial charge in [0, 0.05) is 39.7 Å². The van der Waals surface area contributed by atoms with Gasteiger partial charge in [-0.1, -0.05) is 183 Å². The largest absolute Gasteiger partial charge is 0.398 e. The van der Waals surface area contributed by atoms with Crippen molar-refractivity contribution in [1.29, 1.82) is 0 Å². The Hall–Kier alpha value is -7.68. The van der Waals surface area contributed by atoms with Gasteiger partial charge in [0.25, 0.3) is 0 Å². The average molecular weight is 795 g/mol. The summed E-state index contributed by atoms with van der Waals surface area (Å²) in [7, 11) is 0. The predicted octanol–water partition coefficient (Wildman–Crippen LogP) is 15.7. The quantitative estimate of drug-likeness (QED) is 0.0943. The van der Waals surface area contributed by atoms with E-state index in [1.807, 2.05) is 18.2 Å². The number of benzene rings is 9. The highest BCUT2D eigenvalue weighted by atomic mass is 15.2. The summed E-state index contributed by atoms with van der Waals surface area (Å²) in [5.74, 6) is -0.0627. The number of hydrogen-bond donors (Lipinski definition) is 1. The van der Waals surface area contributed by atoms with E-state index >= 15 is 0 Å². The summed E-state index contributed by atoms with van der Waals surface area (Å²) in [4.78, 5) is 2.44. The van der Waals surface area contributed by atoms with Crippen molar-refractivity contribution >= 4 is 55.0 Å². The Bertz CT molecular complexity index is 3300. The van der Waals surface area contributed by atoms with Crippen molar-refractivity contribution in [2.24, 2.45) is 0 Å². The number of nitrogen functional groups attached to an aromatic ring is 1. The van der Waals surface area contributed by atoms with Gasteiger partial charge in [0.05, 0.1) is 0 Å². The first-order valence-corrected chi connectivity index (χ1v) is 21.6. The van der Waals surface area contributed by atoms with Crippen LogP contribution in [0, 0.1) is 0 Å². The molecule has 62 heavy (non-hydrogen) atoms. The Morgan fingerprint density at radius 3 is 1.97 bits per heavy atom. The highest BCUT2D eigenvalue weighted by Gasteiger charge is 2.45. The molecule has 2 unspecified atom stereocenters. The second-order valence-corrected chi connectivity index (χ2v) is 16.9. The maximum absolute atomic E-state index is 6.86. The Labute approximate surface area is 363 Å². The van der Waals surface area contributed by atoms with Gasteiger partial charge in [0.15, 0.2) is 0 Å². The molecule has 0 amide bonds. The topological polar surface area (TPSA) is 29.3 Å². The average Bonchev–Trinajstić information content (AvgIpc) is 3.60. The number of nitrogens with zero attached hydrogens (tertiary/aromatic N) is 1. The van der Waals surface area contributed by atoms with Crippen LogP contribution >= 0.6 is 0 Å². The molecule has 11 rings (SSSR count). The predicted molar refractivity (Wildman–Crippen MR) is 265 cm³/mol. The number of hydrogen-bond acceptors (Lipinski definition) is 2. The molecule has 0 bridgehead atoms. The molecule has 2 heteroatoms. The first-order chi connectivity index (χ1) is 30.5. The number of rotatable bonds is 8. The summed E-state index contributed by atoms with van der Waals surface area (Å²) in [5.41, 5.74) is 22.0. The second kappa shape index (κ2) is 15.1. The fraction of sp³-hybridized carbons (Fsp3) is 0.0667. The third-order valence-electron chi connectivity index (χ3n) is 13.3. The Morgan fingerprint density at radius 2 is 1.21 bits per heavy atom. The van der Waals surface area contributed by atoms with E-state index in [9.17, 15) is 0 Å². The van der Waals surface area contributed by atoms with Crippen LogP contribution in [0.1, 0.15) is 41.5 Å². The zero-order valence-electron chi connectivity index (χ0n) is 34.8. The maximum atomic E-state index is 6.86. The number of fused-ring (bicyclic) bond motifs is 9. The highest BCUT2D eigenvalue weighted by molar-refractivity contribution is 6.25. The molecule has 2 nitrogen and oxygen atoms in total. The molecule has 0 spiro atoms. The molecule has 2 N–H and O–H groups in total. The van der Waals surface area contributed by atoms with Crippen LogP contribution in [-0.4, -0.2) is 0 Å². The molecule has 2 atom stereocenters. The minimum Gasteiger partial charge on any atom is -0.398 e. The summed E-state index contributed by atoms with van der Waals surface area (Å²) in [5, 5.41) is 7.67. The van der Waals surface area contributed by atoms with Crippen LogP contribution in [0.4, 0.5) is 17.1 Å². The van der Waals surface area contributed by atoms with Crippen LogP contribution in [-0.2, 0) is 5.41 Å². The minimum absolute atomic E-state index is 0.0627. The van der Waals surface area contributed by atoms with Crippen molar-refractivity contribution in [2.45, 2.75) is 24.7 Å². The fourth-order valence-electron chi connectivity index (χ4n) is 10.4. The van der Waals surface area contributed by atoms with Gasteiger partial charge in [0.1, 0.15) is 0 Å². The minimum atomic E-state index is -0.195. The normalized spacial score (nSPS) is 16.3. The monoisotopic (exact) mass is 794 g/mol. The van der Waals surface area contributed by atoms with E-state index in [-0.39, 0.29) is 11.3 Å². The van der Waals surface area contributed by atoms with Gasteiger partial charge in [-0.2, -0.15) is 0 Å². The smallest absolute Gasteiger partial charge is 0.0500 e. The molecule has 296 valence electrons. The molecule has 1 aliphatic heterocycles. The van der Waals surface area contributed by atoms with E-state index in [0.717, 1.165) is 23.2 Å². The number of anilines is 3.